The molecule has 0 heterocycles. The Hall–Kier alpha value is -1.77. The summed E-state index contributed by atoms with van der Waals surface area (Å²) in [5.41, 5.74) is 1.35. The van der Waals surface area contributed by atoms with E-state index in [1.54, 1.807) is 32.2 Å². The van der Waals surface area contributed by atoms with Crippen LogP contribution in [0.4, 0.5) is 5.69 Å². The summed E-state index contributed by atoms with van der Waals surface area (Å²) in [5.74, 6) is 0.716. The second-order valence-corrected chi connectivity index (χ2v) is 4.00. The molecule has 1 rings (SSSR count). The van der Waals surface area contributed by atoms with Crippen molar-refractivity contribution in [3.05, 3.63) is 23.8 Å². The Balaban J connectivity index is 2.48. The third-order valence-electron chi connectivity index (χ3n) is 2.40. The molecule has 0 fully saturated rings. The van der Waals surface area contributed by atoms with Crippen molar-refractivity contribution < 1.29 is 9.84 Å². The Morgan fingerprint density at radius 2 is 2.22 bits per heavy atom. The first-order valence-corrected chi connectivity index (χ1v) is 5.88. The van der Waals surface area contributed by atoms with E-state index in [9.17, 15) is 0 Å². The van der Waals surface area contributed by atoms with E-state index in [0.29, 0.717) is 30.9 Å². The fourth-order valence-electron chi connectivity index (χ4n) is 1.49. The van der Waals surface area contributed by atoms with Crippen LogP contribution >= 0.6 is 0 Å². The minimum absolute atomic E-state index is 0.350. The van der Waals surface area contributed by atoms with Crippen molar-refractivity contribution in [3.8, 4) is 11.8 Å². The standard InChI is InChI=1S/C13H19N3O2/c1-10(17)9-15-5-6-16-13-7-12(18-2)4-3-11(13)8-14/h3-4,7,10,15-17H,5-6,9H2,1-2H3. The van der Waals surface area contributed by atoms with Gasteiger partial charge in [-0.3, -0.25) is 0 Å². The van der Waals surface area contributed by atoms with Crippen molar-refractivity contribution in [2.24, 2.45) is 0 Å². The number of anilines is 1. The molecule has 0 amide bonds. The van der Waals surface area contributed by atoms with Gasteiger partial charge in [0.15, 0.2) is 0 Å². The molecule has 1 unspecified atom stereocenters. The number of nitrogens with one attached hydrogen (secondary N) is 2. The molecular formula is C13H19N3O2. The molecule has 0 spiro atoms. The minimum Gasteiger partial charge on any atom is -0.497 e. The van der Waals surface area contributed by atoms with E-state index in [2.05, 4.69) is 16.7 Å². The highest BCUT2D eigenvalue weighted by molar-refractivity contribution is 5.60. The largest absolute Gasteiger partial charge is 0.497 e. The maximum Gasteiger partial charge on any atom is 0.121 e. The van der Waals surface area contributed by atoms with E-state index in [-0.39, 0.29) is 6.10 Å². The van der Waals surface area contributed by atoms with Gasteiger partial charge in [0.25, 0.3) is 0 Å². The van der Waals surface area contributed by atoms with Crippen molar-refractivity contribution in [1.82, 2.24) is 5.32 Å². The highest BCUT2D eigenvalue weighted by atomic mass is 16.5. The molecule has 1 aromatic carbocycles. The number of hydrogen-bond donors (Lipinski definition) is 3. The van der Waals surface area contributed by atoms with Gasteiger partial charge in [-0.1, -0.05) is 0 Å². The summed E-state index contributed by atoms with van der Waals surface area (Å²) < 4.78 is 5.12. The third-order valence-corrected chi connectivity index (χ3v) is 2.40. The molecular weight excluding hydrogens is 230 g/mol. The van der Waals surface area contributed by atoms with Crippen LogP contribution in [-0.2, 0) is 0 Å². The fraction of sp³-hybridized carbons (Fsp3) is 0.462. The summed E-state index contributed by atoms with van der Waals surface area (Å²) >= 11 is 0. The molecule has 0 aliphatic rings. The molecule has 0 saturated carbocycles. The van der Waals surface area contributed by atoms with Crippen molar-refractivity contribution in [1.29, 1.82) is 5.26 Å². The van der Waals surface area contributed by atoms with Crippen LogP contribution in [0.1, 0.15) is 12.5 Å². The molecule has 5 nitrogen and oxygen atoms in total. The maximum atomic E-state index is 9.08. The minimum atomic E-state index is -0.350. The van der Waals surface area contributed by atoms with E-state index in [1.807, 2.05) is 0 Å². The van der Waals surface area contributed by atoms with Gasteiger partial charge in [0.2, 0.25) is 0 Å². The lowest BCUT2D eigenvalue weighted by Gasteiger charge is -2.11. The van der Waals surface area contributed by atoms with E-state index >= 15 is 0 Å². The Labute approximate surface area is 107 Å². The van der Waals surface area contributed by atoms with E-state index in [0.717, 1.165) is 5.69 Å². The molecule has 0 aliphatic heterocycles. The summed E-state index contributed by atoms with van der Waals surface area (Å²) in [4.78, 5) is 0. The van der Waals surface area contributed by atoms with Crippen LogP contribution < -0.4 is 15.4 Å². The number of aliphatic hydroxyl groups excluding tert-OH is 1. The molecule has 0 radical (unpaired) electrons. The number of benzene rings is 1. The normalized spacial score (nSPS) is 11.7. The zero-order valence-corrected chi connectivity index (χ0v) is 10.7. The molecule has 1 aromatic rings. The van der Waals surface area contributed by atoms with Crippen LogP contribution in [0.15, 0.2) is 18.2 Å². The first-order valence-electron chi connectivity index (χ1n) is 5.88. The molecule has 0 bridgehead atoms. The van der Waals surface area contributed by atoms with Crippen molar-refractivity contribution in [3.63, 3.8) is 0 Å². The average Bonchev–Trinajstić information content (AvgIpc) is 2.37. The summed E-state index contributed by atoms with van der Waals surface area (Å²) in [7, 11) is 1.59. The summed E-state index contributed by atoms with van der Waals surface area (Å²) in [6.07, 6.45) is -0.350. The molecule has 0 saturated heterocycles. The number of rotatable bonds is 7. The lowest BCUT2D eigenvalue weighted by Crippen LogP contribution is -2.29. The van der Waals surface area contributed by atoms with Crippen LogP contribution in [0, 0.1) is 11.3 Å². The predicted octanol–water partition coefficient (Wildman–Crippen LogP) is 0.949. The maximum absolute atomic E-state index is 9.08. The van der Waals surface area contributed by atoms with Gasteiger partial charge >= 0.3 is 0 Å². The molecule has 5 heteroatoms. The first kappa shape index (κ1) is 14.3. The van der Waals surface area contributed by atoms with E-state index in [4.69, 9.17) is 15.1 Å². The summed E-state index contributed by atoms with van der Waals surface area (Å²) in [5, 5.41) is 24.3. The molecule has 18 heavy (non-hydrogen) atoms. The Kier molecular flexibility index (Phi) is 5.98. The highest BCUT2D eigenvalue weighted by Crippen LogP contribution is 2.21. The van der Waals surface area contributed by atoms with Gasteiger partial charge in [-0.2, -0.15) is 5.26 Å². The number of nitriles is 1. The van der Waals surface area contributed by atoms with Gasteiger partial charge in [-0.25, -0.2) is 0 Å². The van der Waals surface area contributed by atoms with Gasteiger partial charge < -0.3 is 20.5 Å². The number of methoxy groups -OCH3 is 1. The smallest absolute Gasteiger partial charge is 0.121 e. The Morgan fingerprint density at radius 1 is 1.44 bits per heavy atom. The van der Waals surface area contributed by atoms with Crippen LogP contribution in [0.2, 0.25) is 0 Å². The quantitative estimate of drug-likeness (QED) is 0.627. The SMILES string of the molecule is COc1ccc(C#N)c(NCCNCC(C)O)c1. The summed E-state index contributed by atoms with van der Waals surface area (Å²) in [6.45, 7) is 3.68. The van der Waals surface area contributed by atoms with Crippen molar-refractivity contribution in [2.45, 2.75) is 13.0 Å². The zero-order chi connectivity index (χ0) is 13.4. The van der Waals surface area contributed by atoms with Gasteiger partial charge in [0, 0.05) is 25.7 Å². The van der Waals surface area contributed by atoms with Crippen molar-refractivity contribution >= 4 is 5.69 Å². The Bertz CT molecular complexity index is 413. The first-order chi connectivity index (χ1) is 8.67. The zero-order valence-electron chi connectivity index (χ0n) is 10.7. The molecule has 3 N–H and O–H groups in total. The van der Waals surface area contributed by atoms with Crippen LogP contribution in [0.25, 0.3) is 0 Å². The number of nitrogens with zero attached hydrogens (tertiary/aromatic N) is 1. The monoisotopic (exact) mass is 249 g/mol. The van der Waals surface area contributed by atoms with Crippen LogP contribution in [0.3, 0.4) is 0 Å². The molecule has 1 atom stereocenters. The Morgan fingerprint density at radius 3 is 2.83 bits per heavy atom. The number of ether oxygens (including phenoxy) is 1. The predicted molar refractivity (Wildman–Crippen MR) is 70.7 cm³/mol. The number of aliphatic hydroxyl groups is 1. The van der Waals surface area contributed by atoms with Gasteiger partial charge in [-0.05, 0) is 19.1 Å². The van der Waals surface area contributed by atoms with Gasteiger partial charge in [0.05, 0.1) is 24.5 Å². The number of hydrogen-bond acceptors (Lipinski definition) is 5. The third kappa shape index (κ3) is 4.62. The lowest BCUT2D eigenvalue weighted by molar-refractivity contribution is 0.192. The second kappa shape index (κ2) is 7.54. The van der Waals surface area contributed by atoms with E-state index in [1.165, 1.54) is 0 Å². The molecule has 0 aromatic heterocycles. The average molecular weight is 249 g/mol. The summed E-state index contributed by atoms with van der Waals surface area (Å²) in [6, 6.07) is 7.41. The molecule has 0 aliphatic carbocycles. The highest BCUT2D eigenvalue weighted by Gasteiger charge is 2.03. The van der Waals surface area contributed by atoms with Crippen molar-refractivity contribution in [2.75, 3.05) is 32.1 Å². The van der Waals surface area contributed by atoms with E-state index < -0.39 is 0 Å². The second-order valence-electron chi connectivity index (χ2n) is 4.00. The van der Waals surface area contributed by atoms with Crippen LogP contribution in [0.5, 0.6) is 5.75 Å². The lowest BCUT2D eigenvalue weighted by atomic mass is 10.2. The topological polar surface area (TPSA) is 77.3 Å². The van der Waals surface area contributed by atoms with Gasteiger partial charge in [0.1, 0.15) is 11.8 Å². The molecule has 98 valence electrons. The van der Waals surface area contributed by atoms with Gasteiger partial charge in [-0.15, -0.1) is 0 Å². The fourth-order valence-corrected chi connectivity index (χ4v) is 1.49. The van der Waals surface area contributed by atoms with Crippen LogP contribution in [-0.4, -0.2) is 38.0 Å².